The molecule has 0 radical (unpaired) electrons. The number of nitrogens with zero attached hydrogens (tertiary/aromatic N) is 4. The zero-order valence-corrected chi connectivity index (χ0v) is 14.0. The highest BCUT2D eigenvalue weighted by Gasteiger charge is 2.28. The van der Waals surface area contributed by atoms with Gasteiger partial charge in [-0.05, 0) is 31.9 Å². The molecule has 0 aliphatic carbocycles. The first-order valence-corrected chi connectivity index (χ1v) is 8.72. The fraction of sp³-hybridized carbons (Fsp3) is 0.375. The maximum Gasteiger partial charge on any atom is 0.323 e. The minimum atomic E-state index is -0.130. The van der Waals surface area contributed by atoms with Crippen LogP contribution in [0, 0.1) is 6.92 Å². The number of nitrogens with one attached hydrogen (secondary N) is 1. The minimum Gasteiger partial charge on any atom is -0.339 e. The van der Waals surface area contributed by atoms with Gasteiger partial charge in [0.2, 0.25) is 5.89 Å². The molecule has 1 N–H and O–H groups in total. The maximum absolute atomic E-state index is 12.5. The Labute approximate surface area is 142 Å². The first-order valence-electron chi connectivity index (χ1n) is 7.91. The molecule has 0 saturated carbocycles. The Morgan fingerprint density at radius 2 is 2.25 bits per heavy atom. The molecular formula is C16H17N5O2S. The van der Waals surface area contributed by atoms with E-state index in [0.717, 1.165) is 29.6 Å². The fourth-order valence-corrected chi connectivity index (χ4v) is 3.79. The average molecular weight is 343 g/mol. The Bertz CT molecular complexity index is 841. The van der Waals surface area contributed by atoms with Crippen molar-refractivity contribution in [3.8, 4) is 0 Å². The van der Waals surface area contributed by atoms with Crippen LogP contribution in [0.3, 0.4) is 0 Å². The summed E-state index contributed by atoms with van der Waals surface area (Å²) in [5, 5.41) is 7.37. The van der Waals surface area contributed by atoms with Gasteiger partial charge in [-0.2, -0.15) is 4.98 Å². The van der Waals surface area contributed by atoms with Crippen LogP contribution in [0.5, 0.6) is 0 Å². The molecule has 3 aromatic rings. The van der Waals surface area contributed by atoms with Gasteiger partial charge in [-0.3, -0.25) is 5.32 Å². The van der Waals surface area contributed by atoms with E-state index in [1.807, 2.05) is 24.3 Å². The summed E-state index contributed by atoms with van der Waals surface area (Å²) in [5.41, 5.74) is 0.899. The molecule has 1 aromatic carbocycles. The summed E-state index contributed by atoms with van der Waals surface area (Å²) in [4.78, 5) is 23.1. The van der Waals surface area contributed by atoms with E-state index in [1.54, 1.807) is 11.8 Å². The van der Waals surface area contributed by atoms with Crippen LogP contribution in [0.25, 0.3) is 10.2 Å². The van der Waals surface area contributed by atoms with Crippen molar-refractivity contribution in [3.63, 3.8) is 0 Å². The lowest BCUT2D eigenvalue weighted by Gasteiger charge is -2.30. The van der Waals surface area contributed by atoms with Gasteiger partial charge >= 0.3 is 6.03 Å². The Morgan fingerprint density at radius 1 is 1.38 bits per heavy atom. The lowest BCUT2D eigenvalue weighted by molar-refractivity contribution is 0.184. The molecule has 2 amide bonds. The third-order valence-electron chi connectivity index (χ3n) is 4.11. The second-order valence-electron chi connectivity index (χ2n) is 5.88. The van der Waals surface area contributed by atoms with Crippen molar-refractivity contribution in [1.29, 1.82) is 0 Å². The standard InChI is InChI=1S/C16H17N5O2S/c1-10-17-14(23-20-10)11-5-4-8-21(9-11)16(22)19-15-18-12-6-2-3-7-13(12)24-15/h2-3,6-7,11H,4-5,8-9H2,1H3,(H,18,19,22). The highest BCUT2D eigenvalue weighted by Crippen LogP contribution is 2.28. The number of aromatic nitrogens is 3. The summed E-state index contributed by atoms with van der Waals surface area (Å²) in [7, 11) is 0. The molecule has 0 bridgehead atoms. The zero-order chi connectivity index (χ0) is 16.5. The monoisotopic (exact) mass is 343 g/mol. The molecule has 8 heteroatoms. The van der Waals surface area contributed by atoms with Gasteiger partial charge in [0.05, 0.1) is 16.1 Å². The highest BCUT2D eigenvalue weighted by atomic mass is 32.1. The summed E-state index contributed by atoms with van der Waals surface area (Å²) < 4.78 is 6.32. The van der Waals surface area contributed by atoms with Gasteiger partial charge in [-0.25, -0.2) is 9.78 Å². The van der Waals surface area contributed by atoms with Gasteiger partial charge in [0.1, 0.15) is 0 Å². The van der Waals surface area contributed by atoms with Crippen LogP contribution in [-0.2, 0) is 0 Å². The molecule has 1 unspecified atom stereocenters. The van der Waals surface area contributed by atoms with Crippen LogP contribution in [0.4, 0.5) is 9.93 Å². The highest BCUT2D eigenvalue weighted by molar-refractivity contribution is 7.22. The number of likely N-dealkylation sites (tertiary alicyclic amines) is 1. The van der Waals surface area contributed by atoms with Gasteiger partial charge in [-0.1, -0.05) is 28.6 Å². The molecule has 7 nitrogen and oxygen atoms in total. The summed E-state index contributed by atoms with van der Waals surface area (Å²) in [6, 6.07) is 7.71. The second-order valence-corrected chi connectivity index (χ2v) is 6.91. The predicted octanol–water partition coefficient (Wildman–Crippen LogP) is 3.40. The summed E-state index contributed by atoms with van der Waals surface area (Å²) >= 11 is 1.48. The van der Waals surface area contributed by atoms with E-state index in [1.165, 1.54) is 11.3 Å². The molecule has 1 saturated heterocycles. The molecule has 1 aliphatic rings. The van der Waals surface area contributed by atoms with Crippen molar-refractivity contribution in [2.45, 2.75) is 25.7 Å². The lowest BCUT2D eigenvalue weighted by atomic mass is 9.98. The number of fused-ring (bicyclic) bond motifs is 1. The van der Waals surface area contributed by atoms with Crippen LogP contribution < -0.4 is 5.32 Å². The van der Waals surface area contributed by atoms with Gasteiger partial charge in [-0.15, -0.1) is 0 Å². The number of aryl methyl sites for hydroxylation is 1. The number of rotatable bonds is 2. The van der Waals surface area contributed by atoms with Crippen molar-refractivity contribution in [1.82, 2.24) is 20.0 Å². The Morgan fingerprint density at radius 3 is 3.04 bits per heavy atom. The third kappa shape index (κ3) is 2.96. The maximum atomic E-state index is 12.5. The second kappa shape index (κ2) is 6.20. The van der Waals surface area contributed by atoms with E-state index >= 15 is 0 Å². The summed E-state index contributed by atoms with van der Waals surface area (Å²) in [5.74, 6) is 1.34. The molecule has 124 valence electrons. The summed E-state index contributed by atoms with van der Waals surface area (Å²) in [6.45, 7) is 3.10. The number of amides is 2. The van der Waals surface area contributed by atoms with Crippen LogP contribution in [-0.4, -0.2) is 39.1 Å². The van der Waals surface area contributed by atoms with Crippen LogP contribution in [0.1, 0.15) is 30.5 Å². The van der Waals surface area contributed by atoms with Crippen molar-refractivity contribution >= 4 is 32.7 Å². The number of hydrogen-bond acceptors (Lipinski definition) is 6. The molecule has 4 rings (SSSR count). The largest absolute Gasteiger partial charge is 0.339 e. The summed E-state index contributed by atoms with van der Waals surface area (Å²) in [6.07, 6.45) is 1.87. The Hall–Kier alpha value is -2.48. The molecule has 2 aromatic heterocycles. The molecular weight excluding hydrogens is 326 g/mol. The number of benzene rings is 1. The SMILES string of the molecule is Cc1noc(C2CCCN(C(=O)Nc3nc4ccccc4s3)C2)n1. The number of hydrogen-bond donors (Lipinski definition) is 1. The van der Waals surface area contributed by atoms with Gasteiger partial charge in [0, 0.05) is 13.1 Å². The quantitative estimate of drug-likeness (QED) is 0.771. The Balaban J connectivity index is 1.45. The van der Waals surface area contributed by atoms with Crippen molar-refractivity contribution in [3.05, 3.63) is 36.0 Å². The van der Waals surface area contributed by atoms with Crippen LogP contribution in [0.15, 0.2) is 28.8 Å². The topological polar surface area (TPSA) is 84.2 Å². The smallest absolute Gasteiger partial charge is 0.323 e. The van der Waals surface area contributed by atoms with Gasteiger partial charge in [0.15, 0.2) is 11.0 Å². The zero-order valence-electron chi connectivity index (χ0n) is 13.2. The molecule has 1 fully saturated rings. The minimum absolute atomic E-state index is 0.0982. The molecule has 3 heterocycles. The van der Waals surface area contributed by atoms with Crippen molar-refractivity contribution in [2.24, 2.45) is 0 Å². The number of thiazole rings is 1. The van der Waals surface area contributed by atoms with Gasteiger partial charge in [0.25, 0.3) is 0 Å². The van der Waals surface area contributed by atoms with E-state index in [9.17, 15) is 4.79 Å². The normalized spacial score (nSPS) is 18.0. The lowest BCUT2D eigenvalue weighted by Crippen LogP contribution is -2.41. The van der Waals surface area contributed by atoms with Crippen molar-refractivity contribution < 1.29 is 9.32 Å². The first kappa shape index (κ1) is 15.1. The predicted molar refractivity (Wildman–Crippen MR) is 91.2 cm³/mol. The number of carbonyl (C=O) groups excluding carboxylic acids is 1. The number of urea groups is 1. The van der Waals surface area contributed by atoms with Crippen LogP contribution >= 0.6 is 11.3 Å². The molecule has 24 heavy (non-hydrogen) atoms. The molecule has 0 spiro atoms. The van der Waals surface area contributed by atoms with Crippen molar-refractivity contribution in [2.75, 3.05) is 18.4 Å². The molecule has 1 aliphatic heterocycles. The van der Waals surface area contributed by atoms with Crippen LogP contribution in [0.2, 0.25) is 0 Å². The number of carbonyl (C=O) groups is 1. The van der Waals surface area contributed by atoms with E-state index in [0.29, 0.717) is 23.4 Å². The van der Waals surface area contributed by atoms with E-state index in [2.05, 4.69) is 20.4 Å². The molecule has 1 atom stereocenters. The fourth-order valence-electron chi connectivity index (χ4n) is 2.94. The van der Waals surface area contributed by atoms with Gasteiger partial charge < -0.3 is 9.42 Å². The Kier molecular flexibility index (Phi) is 3.89. The van der Waals surface area contributed by atoms with E-state index < -0.39 is 0 Å². The number of para-hydroxylation sites is 1. The first-order chi connectivity index (χ1) is 11.7. The third-order valence-corrected chi connectivity index (χ3v) is 5.06. The number of anilines is 1. The average Bonchev–Trinajstić information content (AvgIpc) is 3.20. The van der Waals surface area contributed by atoms with E-state index in [-0.39, 0.29) is 11.9 Å². The number of piperidine rings is 1. The van der Waals surface area contributed by atoms with E-state index in [4.69, 9.17) is 4.52 Å².